The van der Waals surface area contributed by atoms with Crippen LogP contribution in [0.4, 0.5) is 10.6 Å². The van der Waals surface area contributed by atoms with Crippen LogP contribution < -0.4 is 10.6 Å². The quantitative estimate of drug-likeness (QED) is 0.545. The Kier molecular flexibility index (Phi) is 7.51. The van der Waals surface area contributed by atoms with Crippen molar-refractivity contribution in [1.82, 2.24) is 25.1 Å². The zero-order chi connectivity index (χ0) is 25.0. The van der Waals surface area contributed by atoms with Gasteiger partial charge in [-0.25, -0.2) is 14.8 Å². The van der Waals surface area contributed by atoms with Crippen LogP contribution in [0.2, 0.25) is 0 Å². The Labute approximate surface area is 205 Å². The first-order chi connectivity index (χ1) is 16.7. The van der Waals surface area contributed by atoms with Crippen molar-refractivity contribution in [2.75, 3.05) is 38.0 Å². The number of aromatic nitrogens is 2. The lowest BCUT2D eigenvalue weighted by molar-refractivity contribution is 0.0104. The van der Waals surface area contributed by atoms with Gasteiger partial charge in [0.05, 0.1) is 12.1 Å². The standard InChI is InChI=1S/C25H34N6O4/c1-25(2,3)35-24(34)31-13-19(14-31)29-22-10-21(27-16-28-22)23(33)26-11-20(32)15-30-9-8-17-6-4-5-7-18(17)12-30/h4-7,10,16,19-20,32H,8-9,11-15H2,1-3H3,(H,26,33)(H,27,28,29)/t20-/m0/s1. The molecule has 1 aromatic heterocycles. The highest BCUT2D eigenvalue weighted by molar-refractivity contribution is 5.92. The molecular weight excluding hydrogens is 448 g/mol. The monoisotopic (exact) mass is 482 g/mol. The fourth-order valence-corrected chi connectivity index (χ4v) is 4.19. The molecule has 3 N–H and O–H groups in total. The first-order valence-corrected chi connectivity index (χ1v) is 12.0. The molecule has 10 nitrogen and oxygen atoms in total. The van der Waals surface area contributed by atoms with E-state index in [0.717, 1.165) is 19.5 Å². The Balaban J connectivity index is 1.20. The molecule has 1 atom stereocenters. The van der Waals surface area contributed by atoms with Crippen molar-refractivity contribution in [3.05, 3.63) is 53.5 Å². The van der Waals surface area contributed by atoms with Gasteiger partial charge in [0, 0.05) is 45.3 Å². The van der Waals surface area contributed by atoms with Crippen LogP contribution in [0.25, 0.3) is 0 Å². The second-order valence-electron chi connectivity index (χ2n) is 10.1. The SMILES string of the molecule is CC(C)(C)OC(=O)N1CC(Nc2cc(C(=O)NC[C@H](O)CN3CCc4ccccc4C3)ncn2)C1. The van der Waals surface area contributed by atoms with Crippen LogP contribution in [0.1, 0.15) is 42.4 Å². The summed E-state index contributed by atoms with van der Waals surface area (Å²) in [7, 11) is 0. The molecule has 2 aliphatic rings. The van der Waals surface area contributed by atoms with Gasteiger partial charge in [0.2, 0.25) is 0 Å². The summed E-state index contributed by atoms with van der Waals surface area (Å²) in [4.78, 5) is 36.7. The van der Waals surface area contributed by atoms with Crippen LogP contribution in [-0.4, -0.2) is 87.3 Å². The number of fused-ring (bicyclic) bond motifs is 1. The Morgan fingerprint density at radius 3 is 2.69 bits per heavy atom. The molecule has 1 fully saturated rings. The largest absolute Gasteiger partial charge is 0.444 e. The minimum absolute atomic E-state index is 0.0184. The molecule has 2 aliphatic heterocycles. The van der Waals surface area contributed by atoms with Gasteiger partial charge in [-0.15, -0.1) is 0 Å². The van der Waals surface area contributed by atoms with Crippen LogP contribution in [-0.2, 0) is 17.7 Å². The Morgan fingerprint density at radius 2 is 1.94 bits per heavy atom. The van der Waals surface area contributed by atoms with Gasteiger partial charge in [-0.2, -0.15) is 0 Å². The number of hydrogen-bond acceptors (Lipinski definition) is 8. The number of carbonyl (C=O) groups is 2. The zero-order valence-electron chi connectivity index (χ0n) is 20.5. The minimum atomic E-state index is -0.683. The fourth-order valence-electron chi connectivity index (χ4n) is 4.19. The molecule has 3 heterocycles. The van der Waals surface area contributed by atoms with Gasteiger partial charge >= 0.3 is 6.09 Å². The van der Waals surface area contributed by atoms with E-state index in [0.29, 0.717) is 25.5 Å². The van der Waals surface area contributed by atoms with E-state index in [-0.39, 0.29) is 30.3 Å². The maximum atomic E-state index is 12.6. The first-order valence-electron chi connectivity index (χ1n) is 12.0. The molecule has 0 unspecified atom stereocenters. The number of aliphatic hydroxyl groups is 1. The van der Waals surface area contributed by atoms with E-state index in [1.807, 2.05) is 26.8 Å². The Bertz CT molecular complexity index is 1050. The molecule has 0 aliphatic carbocycles. The third-order valence-corrected chi connectivity index (χ3v) is 5.96. The average Bonchev–Trinajstić information content (AvgIpc) is 2.78. The predicted molar refractivity (Wildman–Crippen MR) is 131 cm³/mol. The smallest absolute Gasteiger partial charge is 0.410 e. The number of likely N-dealkylation sites (tertiary alicyclic amines) is 1. The molecule has 0 spiro atoms. The van der Waals surface area contributed by atoms with Crippen LogP contribution in [0.15, 0.2) is 36.7 Å². The summed E-state index contributed by atoms with van der Waals surface area (Å²) < 4.78 is 5.36. The number of aliphatic hydroxyl groups excluding tert-OH is 1. The van der Waals surface area contributed by atoms with Crippen LogP contribution in [0, 0.1) is 0 Å². The van der Waals surface area contributed by atoms with Crippen molar-refractivity contribution < 1.29 is 19.4 Å². The van der Waals surface area contributed by atoms with Gasteiger partial charge in [0.15, 0.2) is 0 Å². The number of rotatable bonds is 7. The lowest BCUT2D eigenvalue weighted by Gasteiger charge is -2.40. The number of nitrogens with zero attached hydrogens (tertiary/aromatic N) is 4. The van der Waals surface area contributed by atoms with Crippen molar-refractivity contribution >= 4 is 17.8 Å². The van der Waals surface area contributed by atoms with Gasteiger partial charge in [-0.05, 0) is 38.3 Å². The van der Waals surface area contributed by atoms with E-state index in [9.17, 15) is 14.7 Å². The van der Waals surface area contributed by atoms with Gasteiger partial charge in [-0.1, -0.05) is 24.3 Å². The highest BCUT2D eigenvalue weighted by Crippen LogP contribution is 2.19. The molecule has 4 rings (SSSR count). The number of benzene rings is 1. The first kappa shape index (κ1) is 24.9. The van der Waals surface area contributed by atoms with Crippen molar-refractivity contribution in [2.45, 2.75) is 51.5 Å². The van der Waals surface area contributed by atoms with E-state index in [2.05, 4.69) is 43.7 Å². The molecule has 0 saturated carbocycles. The van der Waals surface area contributed by atoms with Crippen LogP contribution in [0.3, 0.4) is 0 Å². The summed E-state index contributed by atoms with van der Waals surface area (Å²) in [6.07, 6.45) is 1.26. The van der Waals surface area contributed by atoms with Crippen molar-refractivity contribution in [1.29, 1.82) is 0 Å². The molecule has 2 amide bonds. The number of ether oxygens (including phenoxy) is 1. The van der Waals surface area contributed by atoms with Crippen molar-refractivity contribution in [2.24, 2.45) is 0 Å². The Hall–Kier alpha value is -3.24. The number of β-amino-alcohol motifs (C(OH)–C–C–N with tert-alkyl or cyclic N) is 1. The number of anilines is 1. The second-order valence-corrected chi connectivity index (χ2v) is 10.1. The molecule has 10 heteroatoms. The summed E-state index contributed by atoms with van der Waals surface area (Å²) >= 11 is 0. The topological polar surface area (TPSA) is 120 Å². The van der Waals surface area contributed by atoms with E-state index in [1.165, 1.54) is 17.5 Å². The van der Waals surface area contributed by atoms with Crippen LogP contribution in [0.5, 0.6) is 0 Å². The number of hydrogen-bond donors (Lipinski definition) is 3. The number of carbonyl (C=O) groups excluding carboxylic acids is 2. The van der Waals surface area contributed by atoms with Gasteiger partial charge < -0.3 is 25.4 Å². The van der Waals surface area contributed by atoms with E-state index >= 15 is 0 Å². The van der Waals surface area contributed by atoms with Crippen molar-refractivity contribution in [3.63, 3.8) is 0 Å². The van der Waals surface area contributed by atoms with Gasteiger partial charge in [0.25, 0.3) is 5.91 Å². The average molecular weight is 483 g/mol. The molecule has 1 saturated heterocycles. The maximum Gasteiger partial charge on any atom is 0.410 e. The summed E-state index contributed by atoms with van der Waals surface area (Å²) in [6.45, 7) is 8.79. The summed E-state index contributed by atoms with van der Waals surface area (Å²) in [6, 6.07) is 9.94. The normalized spacial score (nSPS) is 17.2. The molecule has 188 valence electrons. The third-order valence-electron chi connectivity index (χ3n) is 5.96. The Morgan fingerprint density at radius 1 is 1.20 bits per heavy atom. The van der Waals surface area contributed by atoms with E-state index in [1.54, 1.807) is 11.0 Å². The van der Waals surface area contributed by atoms with E-state index < -0.39 is 11.7 Å². The fraction of sp³-hybridized carbons (Fsp3) is 0.520. The minimum Gasteiger partial charge on any atom is -0.444 e. The lowest BCUT2D eigenvalue weighted by atomic mass is 10.00. The second kappa shape index (κ2) is 10.6. The summed E-state index contributed by atoms with van der Waals surface area (Å²) in [5, 5.41) is 16.4. The van der Waals surface area contributed by atoms with E-state index in [4.69, 9.17) is 4.74 Å². The molecule has 2 aromatic rings. The molecule has 35 heavy (non-hydrogen) atoms. The van der Waals surface area contributed by atoms with Crippen LogP contribution >= 0.6 is 0 Å². The highest BCUT2D eigenvalue weighted by Gasteiger charge is 2.34. The molecular formula is C25H34N6O4. The zero-order valence-corrected chi connectivity index (χ0v) is 20.5. The summed E-state index contributed by atoms with van der Waals surface area (Å²) in [5.74, 6) is 0.133. The van der Waals surface area contributed by atoms with Gasteiger partial charge in [-0.3, -0.25) is 9.69 Å². The summed E-state index contributed by atoms with van der Waals surface area (Å²) in [5.41, 5.74) is 2.33. The maximum absolute atomic E-state index is 12.6. The molecule has 0 bridgehead atoms. The highest BCUT2D eigenvalue weighted by atomic mass is 16.6. The van der Waals surface area contributed by atoms with Crippen molar-refractivity contribution in [3.8, 4) is 0 Å². The molecule has 0 radical (unpaired) electrons. The molecule has 1 aromatic carbocycles. The third kappa shape index (κ3) is 6.89. The lowest BCUT2D eigenvalue weighted by Crippen LogP contribution is -2.58. The number of nitrogens with one attached hydrogen (secondary N) is 2. The van der Waals surface area contributed by atoms with Gasteiger partial charge in [0.1, 0.15) is 23.4 Å². The number of amides is 2. The predicted octanol–water partition coefficient (Wildman–Crippen LogP) is 1.66.